The molecule has 0 N–H and O–H groups in total. The summed E-state index contributed by atoms with van der Waals surface area (Å²) in [7, 11) is 0. The molecule has 3 aromatic rings. The van der Waals surface area contributed by atoms with Crippen LogP contribution in [-0.4, -0.2) is 79.3 Å². The highest BCUT2D eigenvalue weighted by atomic mass is 16.6. The lowest BCUT2D eigenvalue weighted by Crippen LogP contribution is -2.15. The maximum atomic E-state index is 13.1. The minimum absolute atomic E-state index is 0.139. The van der Waals surface area contributed by atoms with E-state index in [2.05, 4.69) is 0 Å². The number of benzene rings is 2. The summed E-state index contributed by atoms with van der Waals surface area (Å²) < 4.78 is 45.4. The van der Waals surface area contributed by atoms with Crippen LogP contribution < -0.4 is 14.9 Å². The summed E-state index contributed by atoms with van der Waals surface area (Å²) in [6, 6.07) is 10.5. The minimum Gasteiger partial charge on any atom is -0.487 e. The maximum absolute atomic E-state index is 13.1. The van der Waals surface area contributed by atoms with E-state index in [4.69, 9.17) is 37.6 Å². The highest BCUT2D eigenvalue weighted by molar-refractivity contribution is 5.94. The molecule has 0 radical (unpaired) electrons. The second-order valence-electron chi connectivity index (χ2n) is 7.46. The third kappa shape index (κ3) is 6.68. The van der Waals surface area contributed by atoms with E-state index < -0.39 is 0 Å². The van der Waals surface area contributed by atoms with Crippen molar-refractivity contribution in [3.63, 3.8) is 0 Å². The van der Waals surface area contributed by atoms with Crippen LogP contribution in [0, 0.1) is 0 Å². The van der Waals surface area contributed by atoms with Crippen molar-refractivity contribution in [3.8, 4) is 11.5 Å². The molecule has 9 heteroatoms. The average Bonchev–Trinajstić information content (AvgIpc) is 2.85. The molecule has 0 fully saturated rings. The Labute approximate surface area is 197 Å². The zero-order chi connectivity index (χ0) is 23.4. The van der Waals surface area contributed by atoms with Crippen molar-refractivity contribution in [2.45, 2.75) is 0 Å². The van der Waals surface area contributed by atoms with E-state index >= 15 is 0 Å². The van der Waals surface area contributed by atoms with Crippen LogP contribution in [0.3, 0.4) is 0 Å². The van der Waals surface area contributed by atoms with Gasteiger partial charge in [0.05, 0.1) is 76.8 Å². The summed E-state index contributed by atoms with van der Waals surface area (Å²) in [6.07, 6.45) is 0. The van der Waals surface area contributed by atoms with Crippen molar-refractivity contribution < 1.29 is 37.6 Å². The Hall–Kier alpha value is -2.69. The van der Waals surface area contributed by atoms with Gasteiger partial charge in [-0.05, 0) is 24.3 Å². The number of rotatable bonds is 0. The molecule has 0 amide bonds. The zero-order valence-electron chi connectivity index (χ0n) is 19.1. The Bertz CT molecular complexity index is 1010. The molecule has 0 saturated heterocycles. The molecule has 2 heterocycles. The van der Waals surface area contributed by atoms with Crippen LogP contribution in [-0.2, 0) is 23.7 Å². The average molecular weight is 475 g/mol. The lowest BCUT2D eigenvalue weighted by atomic mass is 10.1. The first-order chi connectivity index (χ1) is 16.8. The molecule has 184 valence electrons. The van der Waals surface area contributed by atoms with E-state index in [9.17, 15) is 4.79 Å². The van der Waals surface area contributed by atoms with E-state index in [1.807, 2.05) is 0 Å². The fraction of sp³-hybridized carbons (Fsp3) is 0.480. The Kier molecular flexibility index (Phi) is 9.53. The molecule has 0 atom stereocenters. The van der Waals surface area contributed by atoms with Gasteiger partial charge in [-0.15, -0.1) is 0 Å². The first-order valence-corrected chi connectivity index (χ1v) is 11.5. The van der Waals surface area contributed by atoms with Crippen LogP contribution in [0.1, 0.15) is 0 Å². The molecule has 2 bridgehead atoms. The first kappa shape index (κ1) is 24.4. The lowest BCUT2D eigenvalue weighted by molar-refractivity contribution is -0.0141. The molecule has 0 spiro atoms. The van der Waals surface area contributed by atoms with Gasteiger partial charge in [-0.2, -0.15) is 0 Å². The van der Waals surface area contributed by atoms with Crippen LogP contribution in [0.15, 0.2) is 45.6 Å². The van der Waals surface area contributed by atoms with Crippen LogP contribution in [0.2, 0.25) is 0 Å². The van der Waals surface area contributed by atoms with E-state index in [1.165, 1.54) is 0 Å². The predicted octanol–water partition coefficient (Wildman–Crippen LogP) is 2.80. The van der Waals surface area contributed by atoms with Gasteiger partial charge in [0.15, 0.2) is 22.7 Å². The van der Waals surface area contributed by atoms with Crippen LogP contribution in [0.25, 0.3) is 21.9 Å². The molecule has 0 saturated carbocycles. The summed E-state index contributed by atoms with van der Waals surface area (Å²) in [5.74, 6) is 0.946. The van der Waals surface area contributed by atoms with E-state index in [-0.39, 0.29) is 5.43 Å². The first-order valence-electron chi connectivity index (χ1n) is 11.5. The van der Waals surface area contributed by atoms with Crippen LogP contribution in [0.4, 0.5) is 0 Å². The third-order valence-electron chi connectivity index (χ3n) is 5.11. The van der Waals surface area contributed by atoms with Crippen molar-refractivity contribution >= 4 is 21.9 Å². The molecule has 34 heavy (non-hydrogen) atoms. The quantitative estimate of drug-likeness (QED) is 0.456. The van der Waals surface area contributed by atoms with Crippen LogP contribution >= 0.6 is 0 Å². The molecular formula is C25H30O9. The van der Waals surface area contributed by atoms with Gasteiger partial charge >= 0.3 is 0 Å². The van der Waals surface area contributed by atoms with Gasteiger partial charge in [0.25, 0.3) is 0 Å². The van der Waals surface area contributed by atoms with Gasteiger partial charge in [-0.3, -0.25) is 4.79 Å². The molecule has 1 aliphatic rings. The highest BCUT2D eigenvalue weighted by Gasteiger charge is 2.15. The van der Waals surface area contributed by atoms with Crippen LogP contribution in [0.5, 0.6) is 11.5 Å². The number of para-hydroxylation sites is 2. The summed E-state index contributed by atoms with van der Waals surface area (Å²) >= 11 is 0. The number of ether oxygens (including phenoxy) is 7. The summed E-state index contributed by atoms with van der Waals surface area (Å²) in [6.45, 7) is 5.18. The second kappa shape index (κ2) is 13.3. The van der Waals surface area contributed by atoms with Gasteiger partial charge in [-0.25, -0.2) is 0 Å². The van der Waals surface area contributed by atoms with Gasteiger partial charge in [0.1, 0.15) is 13.2 Å². The number of hydrogen-bond acceptors (Lipinski definition) is 9. The van der Waals surface area contributed by atoms with E-state index in [0.717, 1.165) is 0 Å². The normalized spacial score (nSPS) is 18.4. The molecule has 2 aromatic carbocycles. The molecule has 4 rings (SSSR count). The summed E-state index contributed by atoms with van der Waals surface area (Å²) in [5.41, 5.74) is 0.615. The topological polar surface area (TPSA) is 94.8 Å². The highest BCUT2D eigenvalue weighted by Crippen LogP contribution is 2.31. The standard InChI is InChI=1S/C25H30O9/c26-23-19-3-1-5-21-24(19)34-25-20(23)4-2-6-22(25)33-18-16-31-14-12-29-10-8-27-7-9-28-11-13-30-15-17-32-21/h1-6H,7-18H2. The van der Waals surface area contributed by atoms with Crippen molar-refractivity contribution in [3.05, 3.63) is 46.6 Å². The molecule has 9 nitrogen and oxygen atoms in total. The van der Waals surface area contributed by atoms with E-state index in [1.54, 1.807) is 36.4 Å². The van der Waals surface area contributed by atoms with Crippen molar-refractivity contribution in [1.29, 1.82) is 0 Å². The smallest absolute Gasteiger partial charge is 0.200 e. The van der Waals surface area contributed by atoms with Crippen molar-refractivity contribution in [1.82, 2.24) is 0 Å². The SMILES string of the molecule is O=c1c2cccc3c2oc2c(cccc12)OCCOCCOCCOCCOCCOCCO3. The van der Waals surface area contributed by atoms with Gasteiger partial charge in [0.2, 0.25) is 5.43 Å². The minimum atomic E-state index is -0.139. The van der Waals surface area contributed by atoms with Crippen molar-refractivity contribution in [2.24, 2.45) is 0 Å². The van der Waals surface area contributed by atoms with E-state index in [0.29, 0.717) is 113 Å². The lowest BCUT2D eigenvalue weighted by Gasteiger charge is -2.12. The fourth-order valence-corrected chi connectivity index (χ4v) is 3.48. The monoisotopic (exact) mass is 474 g/mol. The Morgan fingerprint density at radius 3 is 1.21 bits per heavy atom. The second-order valence-corrected chi connectivity index (χ2v) is 7.46. The maximum Gasteiger partial charge on any atom is 0.200 e. The zero-order valence-corrected chi connectivity index (χ0v) is 19.1. The van der Waals surface area contributed by atoms with Gasteiger partial charge in [-0.1, -0.05) is 12.1 Å². The largest absolute Gasteiger partial charge is 0.487 e. The Morgan fingerprint density at radius 1 is 0.471 bits per heavy atom. The molecule has 0 aliphatic carbocycles. The summed E-state index contributed by atoms with van der Waals surface area (Å²) in [4.78, 5) is 13.1. The molecular weight excluding hydrogens is 444 g/mol. The Balaban J connectivity index is 1.50. The molecule has 1 aliphatic heterocycles. The third-order valence-corrected chi connectivity index (χ3v) is 5.11. The van der Waals surface area contributed by atoms with Gasteiger partial charge < -0.3 is 37.6 Å². The number of hydrogen-bond donors (Lipinski definition) is 0. The summed E-state index contributed by atoms with van der Waals surface area (Å²) in [5, 5.41) is 0.895. The van der Waals surface area contributed by atoms with Crippen molar-refractivity contribution in [2.75, 3.05) is 79.3 Å². The predicted molar refractivity (Wildman–Crippen MR) is 125 cm³/mol. The molecule has 1 aromatic heterocycles. The van der Waals surface area contributed by atoms with Gasteiger partial charge in [0, 0.05) is 0 Å². The fourth-order valence-electron chi connectivity index (χ4n) is 3.48. The Morgan fingerprint density at radius 2 is 0.824 bits per heavy atom. The molecule has 0 unspecified atom stereocenters.